The number of phenolic OH excluding ortho intramolecular Hbond substituents is 1. The van der Waals surface area contributed by atoms with Gasteiger partial charge in [-0.1, -0.05) is 12.1 Å². The summed E-state index contributed by atoms with van der Waals surface area (Å²) in [6.45, 7) is 3.48. The second-order valence-corrected chi connectivity index (χ2v) is 5.12. The molecule has 1 atom stereocenters. The van der Waals surface area contributed by atoms with E-state index in [0.717, 1.165) is 31.5 Å². The van der Waals surface area contributed by atoms with Crippen LogP contribution in [0.1, 0.15) is 25.3 Å². The second-order valence-electron chi connectivity index (χ2n) is 5.12. The van der Waals surface area contributed by atoms with E-state index < -0.39 is 11.5 Å². The van der Waals surface area contributed by atoms with E-state index in [9.17, 15) is 15.0 Å². The van der Waals surface area contributed by atoms with Crippen LogP contribution in [0.2, 0.25) is 0 Å². The molecule has 1 fully saturated rings. The SMILES string of the molecule is CC(Cc1ccc(O)cc1)(C(=O)O)N1CCCC1. The molecule has 0 aromatic heterocycles. The number of carbonyl (C=O) groups is 1. The lowest BCUT2D eigenvalue weighted by atomic mass is 9.91. The van der Waals surface area contributed by atoms with Crippen molar-refractivity contribution in [1.29, 1.82) is 0 Å². The van der Waals surface area contributed by atoms with Gasteiger partial charge in [0.15, 0.2) is 0 Å². The van der Waals surface area contributed by atoms with E-state index in [2.05, 4.69) is 0 Å². The minimum absolute atomic E-state index is 0.206. The van der Waals surface area contributed by atoms with Crippen molar-refractivity contribution >= 4 is 5.97 Å². The Morgan fingerprint density at radius 3 is 2.33 bits per heavy atom. The fraction of sp³-hybridized carbons (Fsp3) is 0.500. The van der Waals surface area contributed by atoms with Crippen LogP contribution in [-0.2, 0) is 11.2 Å². The van der Waals surface area contributed by atoms with Crippen LogP contribution < -0.4 is 0 Å². The van der Waals surface area contributed by atoms with Gasteiger partial charge >= 0.3 is 5.97 Å². The topological polar surface area (TPSA) is 60.8 Å². The highest BCUT2D eigenvalue weighted by atomic mass is 16.4. The van der Waals surface area contributed by atoms with Gasteiger partial charge in [-0.3, -0.25) is 9.69 Å². The molecule has 98 valence electrons. The number of carboxylic acid groups (broad SMARTS) is 1. The third kappa shape index (κ3) is 2.48. The van der Waals surface area contributed by atoms with Gasteiger partial charge in [-0.2, -0.15) is 0 Å². The van der Waals surface area contributed by atoms with Crippen molar-refractivity contribution in [2.45, 2.75) is 31.7 Å². The number of hydrogen-bond donors (Lipinski definition) is 2. The van der Waals surface area contributed by atoms with Crippen LogP contribution in [-0.4, -0.2) is 39.7 Å². The number of hydrogen-bond acceptors (Lipinski definition) is 3. The first-order valence-corrected chi connectivity index (χ1v) is 6.29. The standard InChI is InChI=1S/C14H19NO3/c1-14(13(17)18,15-8-2-3-9-15)10-11-4-6-12(16)7-5-11/h4-7,16H,2-3,8-10H2,1H3,(H,17,18). The maximum Gasteiger partial charge on any atom is 0.324 e. The highest BCUT2D eigenvalue weighted by molar-refractivity contribution is 5.78. The number of rotatable bonds is 4. The zero-order chi connectivity index (χ0) is 13.2. The van der Waals surface area contributed by atoms with Crippen LogP contribution in [0.3, 0.4) is 0 Å². The molecule has 0 radical (unpaired) electrons. The number of carboxylic acids is 1. The quantitative estimate of drug-likeness (QED) is 0.855. The summed E-state index contributed by atoms with van der Waals surface area (Å²) in [5, 5.41) is 18.8. The zero-order valence-electron chi connectivity index (χ0n) is 10.6. The normalized spacial score (nSPS) is 19.6. The average Bonchev–Trinajstić information content (AvgIpc) is 2.86. The van der Waals surface area contributed by atoms with E-state index in [4.69, 9.17) is 0 Å². The summed E-state index contributed by atoms with van der Waals surface area (Å²) in [4.78, 5) is 13.6. The van der Waals surface area contributed by atoms with E-state index in [1.165, 1.54) is 0 Å². The number of likely N-dealkylation sites (tertiary alicyclic amines) is 1. The molecule has 0 amide bonds. The summed E-state index contributed by atoms with van der Waals surface area (Å²) in [5.41, 5.74) is 0.0811. The van der Waals surface area contributed by atoms with Crippen molar-refractivity contribution in [3.05, 3.63) is 29.8 Å². The first-order valence-electron chi connectivity index (χ1n) is 6.29. The Kier molecular flexibility index (Phi) is 3.57. The molecular formula is C14H19NO3. The molecule has 0 saturated carbocycles. The van der Waals surface area contributed by atoms with Gasteiger partial charge in [0.1, 0.15) is 11.3 Å². The predicted molar refractivity (Wildman–Crippen MR) is 68.7 cm³/mol. The van der Waals surface area contributed by atoms with E-state index in [1.54, 1.807) is 31.2 Å². The molecule has 4 nitrogen and oxygen atoms in total. The van der Waals surface area contributed by atoms with Crippen LogP contribution in [0.25, 0.3) is 0 Å². The average molecular weight is 249 g/mol. The zero-order valence-corrected chi connectivity index (χ0v) is 10.6. The molecule has 0 aliphatic carbocycles. The Morgan fingerprint density at radius 1 is 1.28 bits per heavy atom. The van der Waals surface area contributed by atoms with Crippen LogP contribution in [0.5, 0.6) is 5.75 Å². The third-order valence-electron chi connectivity index (χ3n) is 3.75. The number of aliphatic carboxylic acids is 1. The fourth-order valence-corrected chi connectivity index (χ4v) is 2.54. The van der Waals surface area contributed by atoms with Gasteiger partial charge in [0.2, 0.25) is 0 Å². The van der Waals surface area contributed by atoms with Gasteiger partial charge in [-0.25, -0.2) is 0 Å². The van der Waals surface area contributed by atoms with Crippen molar-refractivity contribution in [3.8, 4) is 5.75 Å². The molecule has 1 unspecified atom stereocenters. The number of benzene rings is 1. The number of nitrogens with zero attached hydrogens (tertiary/aromatic N) is 1. The molecule has 2 rings (SSSR count). The van der Waals surface area contributed by atoms with Crippen molar-refractivity contribution < 1.29 is 15.0 Å². The first kappa shape index (κ1) is 12.9. The number of phenols is 1. The fourth-order valence-electron chi connectivity index (χ4n) is 2.54. The smallest absolute Gasteiger partial charge is 0.324 e. The lowest BCUT2D eigenvalue weighted by Gasteiger charge is -2.35. The van der Waals surface area contributed by atoms with E-state index in [-0.39, 0.29) is 5.75 Å². The first-order chi connectivity index (χ1) is 8.52. The van der Waals surface area contributed by atoms with Crippen LogP contribution in [0, 0.1) is 0 Å². The molecule has 2 N–H and O–H groups in total. The molecule has 1 aromatic rings. The van der Waals surface area contributed by atoms with E-state index in [1.807, 2.05) is 4.90 Å². The summed E-state index contributed by atoms with van der Waals surface area (Å²) < 4.78 is 0. The molecule has 1 aliphatic heterocycles. The molecular weight excluding hydrogens is 230 g/mol. The Morgan fingerprint density at radius 2 is 1.83 bits per heavy atom. The van der Waals surface area contributed by atoms with E-state index in [0.29, 0.717) is 6.42 Å². The molecule has 18 heavy (non-hydrogen) atoms. The molecule has 1 saturated heterocycles. The minimum atomic E-state index is -0.854. The van der Waals surface area contributed by atoms with Crippen LogP contribution in [0.15, 0.2) is 24.3 Å². The highest BCUT2D eigenvalue weighted by Crippen LogP contribution is 2.26. The molecule has 1 aliphatic rings. The maximum atomic E-state index is 11.6. The van der Waals surface area contributed by atoms with Crippen LogP contribution in [0.4, 0.5) is 0 Å². The van der Waals surface area contributed by atoms with Gasteiger partial charge in [0.25, 0.3) is 0 Å². The Hall–Kier alpha value is -1.55. The summed E-state index contributed by atoms with van der Waals surface area (Å²) in [7, 11) is 0. The highest BCUT2D eigenvalue weighted by Gasteiger charge is 2.40. The van der Waals surface area contributed by atoms with Gasteiger partial charge < -0.3 is 10.2 Å². The van der Waals surface area contributed by atoms with Gasteiger partial charge in [0, 0.05) is 6.42 Å². The summed E-state index contributed by atoms with van der Waals surface area (Å²) in [6, 6.07) is 6.77. The Labute approximate surface area is 107 Å². The molecule has 0 spiro atoms. The van der Waals surface area contributed by atoms with Crippen molar-refractivity contribution in [3.63, 3.8) is 0 Å². The summed E-state index contributed by atoms with van der Waals surface area (Å²) >= 11 is 0. The van der Waals surface area contributed by atoms with Gasteiger partial charge in [-0.05, 0) is 50.6 Å². The lowest BCUT2D eigenvalue weighted by molar-refractivity contribution is -0.149. The Balaban J connectivity index is 2.20. The van der Waals surface area contributed by atoms with Crippen LogP contribution >= 0.6 is 0 Å². The molecule has 1 heterocycles. The minimum Gasteiger partial charge on any atom is -0.508 e. The molecule has 0 bridgehead atoms. The molecule has 1 aromatic carbocycles. The largest absolute Gasteiger partial charge is 0.508 e. The van der Waals surface area contributed by atoms with Crippen molar-refractivity contribution in [2.24, 2.45) is 0 Å². The second kappa shape index (κ2) is 4.98. The van der Waals surface area contributed by atoms with Crippen molar-refractivity contribution in [2.75, 3.05) is 13.1 Å². The van der Waals surface area contributed by atoms with Gasteiger partial charge in [0.05, 0.1) is 0 Å². The summed E-state index contributed by atoms with van der Waals surface area (Å²) in [5.74, 6) is -0.575. The monoisotopic (exact) mass is 249 g/mol. The maximum absolute atomic E-state index is 11.6. The Bertz CT molecular complexity index is 423. The van der Waals surface area contributed by atoms with E-state index >= 15 is 0 Å². The molecule has 4 heteroatoms. The predicted octanol–water partition coefficient (Wildman–Crippen LogP) is 1.87. The number of aromatic hydroxyl groups is 1. The third-order valence-corrected chi connectivity index (χ3v) is 3.75. The van der Waals surface area contributed by atoms with Gasteiger partial charge in [-0.15, -0.1) is 0 Å². The lowest BCUT2D eigenvalue weighted by Crippen LogP contribution is -2.52. The summed E-state index contributed by atoms with van der Waals surface area (Å²) in [6.07, 6.45) is 2.60. The van der Waals surface area contributed by atoms with Crippen molar-refractivity contribution in [1.82, 2.24) is 4.90 Å².